The van der Waals surface area contributed by atoms with Crippen LogP contribution in [0.1, 0.15) is 92.6 Å². The summed E-state index contributed by atoms with van der Waals surface area (Å²) in [5, 5.41) is 0.840. The Bertz CT molecular complexity index is 1550. The fourth-order valence-corrected chi connectivity index (χ4v) is 4.93. The normalized spacial score (nSPS) is 11.8. The fourth-order valence-electron chi connectivity index (χ4n) is 4.93. The van der Waals surface area contributed by atoms with Crippen molar-refractivity contribution >= 4 is 10.9 Å². The Balaban J connectivity index is 1.99. The van der Waals surface area contributed by atoms with E-state index in [-0.39, 0.29) is 11.3 Å². The number of fused-ring (bicyclic) bond motifs is 1. The van der Waals surface area contributed by atoms with Gasteiger partial charge in [0.2, 0.25) is 5.75 Å². The van der Waals surface area contributed by atoms with Crippen LogP contribution in [0, 0.1) is 0 Å². The Morgan fingerprint density at radius 1 is 0.733 bits per heavy atom. The maximum Gasteiger partial charge on any atom is 0.297 e. The van der Waals surface area contributed by atoms with E-state index in [1.54, 1.807) is 0 Å². The van der Waals surface area contributed by atoms with Gasteiger partial charge in [-0.2, -0.15) is 0 Å². The maximum absolute atomic E-state index is 14.1. The third-order valence-corrected chi connectivity index (χ3v) is 7.64. The highest BCUT2D eigenvalue weighted by molar-refractivity contribution is 5.89. The number of aryl methyl sites for hydroxylation is 1. The van der Waals surface area contributed by atoms with Crippen LogP contribution in [0.3, 0.4) is 0 Å². The molecule has 0 aliphatic heterocycles. The fraction of sp³-hybridized carbons (Fsp3) is 0.425. The molecule has 0 bridgehead atoms. The van der Waals surface area contributed by atoms with Gasteiger partial charge in [-0.1, -0.05) is 78.1 Å². The Hall–Kier alpha value is -3.99. The van der Waals surface area contributed by atoms with Gasteiger partial charge in [0.15, 0.2) is 5.75 Å². The van der Waals surface area contributed by atoms with Crippen LogP contribution in [0.15, 0.2) is 99.9 Å². The Morgan fingerprint density at radius 3 is 1.91 bits per heavy atom. The molecule has 2 aromatic carbocycles. The van der Waals surface area contributed by atoms with Crippen molar-refractivity contribution in [3.63, 3.8) is 0 Å². The summed E-state index contributed by atoms with van der Waals surface area (Å²) in [7, 11) is 0. The van der Waals surface area contributed by atoms with Gasteiger partial charge >= 0.3 is 0 Å². The Kier molecular flexibility index (Phi) is 14.8. The Labute approximate surface area is 270 Å². The number of unbranched alkanes of at least 4 members (excludes halogenated alkanes) is 1. The molecule has 1 aromatic heterocycles. The molecule has 1 heterocycles. The standard InChI is InChI=1S/C40H53NO4/c1-8-9-25-41-37-28-35(45-29-34-19-11-10-12-20-34)21-22-36(37)38(43-26-23-32(6)17-13-15-30(2)3)39(40(41)42)44-27-24-33(7)18-14-16-31(4)5/h10-12,15-16,19-24,28H,8-9,13-14,17-18,25-27,29H2,1-7H3/b32-23+,33-24+. The minimum atomic E-state index is -0.175. The van der Waals surface area contributed by atoms with Crippen LogP contribution in [0.4, 0.5) is 0 Å². The van der Waals surface area contributed by atoms with Gasteiger partial charge < -0.3 is 18.8 Å². The summed E-state index contributed by atoms with van der Waals surface area (Å²) in [5.41, 5.74) is 6.83. The van der Waals surface area contributed by atoms with Crippen LogP contribution in [-0.4, -0.2) is 17.8 Å². The molecular formula is C40H53NO4. The SMILES string of the molecule is CCCCn1c(=O)c(OC/C=C(\C)CCC=C(C)C)c(OC/C=C(\C)CCC=C(C)C)c2ccc(OCc3ccccc3)cc21. The number of benzene rings is 2. The number of rotatable bonds is 18. The van der Waals surface area contributed by atoms with Crippen molar-refractivity contribution in [3.8, 4) is 17.2 Å². The molecule has 0 aliphatic carbocycles. The molecule has 3 rings (SSSR count). The zero-order valence-corrected chi connectivity index (χ0v) is 28.6. The van der Waals surface area contributed by atoms with Crippen LogP contribution in [0.5, 0.6) is 17.2 Å². The number of aromatic nitrogens is 1. The van der Waals surface area contributed by atoms with E-state index in [0.717, 1.165) is 55.0 Å². The molecule has 0 unspecified atom stereocenters. The van der Waals surface area contributed by atoms with Gasteiger partial charge in [0, 0.05) is 18.0 Å². The minimum absolute atomic E-state index is 0.175. The number of pyridine rings is 1. The summed E-state index contributed by atoms with van der Waals surface area (Å²) >= 11 is 0. The molecule has 3 aromatic rings. The molecule has 0 aliphatic rings. The predicted octanol–water partition coefficient (Wildman–Crippen LogP) is 10.5. The highest BCUT2D eigenvalue weighted by Gasteiger charge is 2.20. The first-order chi connectivity index (χ1) is 21.7. The molecular weight excluding hydrogens is 558 g/mol. The van der Waals surface area contributed by atoms with Crippen LogP contribution in [0.25, 0.3) is 10.9 Å². The first-order valence-electron chi connectivity index (χ1n) is 16.4. The number of nitrogens with zero attached hydrogens (tertiary/aromatic N) is 1. The van der Waals surface area contributed by atoms with Crippen molar-refractivity contribution in [2.45, 2.75) is 100 Å². The molecule has 5 heteroatoms. The van der Waals surface area contributed by atoms with E-state index in [2.05, 4.69) is 72.8 Å². The second kappa shape index (κ2) is 18.7. The highest BCUT2D eigenvalue weighted by atomic mass is 16.5. The first kappa shape index (κ1) is 35.5. The number of ether oxygens (including phenoxy) is 3. The van der Waals surface area contributed by atoms with E-state index < -0.39 is 0 Å². The maximum atomic E-state index is 14.1. The van der Waals surface area contributed by atoms with Gasteiger partial charge in [-0.25, -0.2) is 0 Å². The van der Waals surface area contributed by atoms with Crippen LogP contribution >= 0.6 is 0 Å². The van der Waals surface area contributed by atoms with E-state index in [1.165, 1.54) is 22.3 Å². The van der Waals surface area contributed by atoms with Gasteiger partial charge in [0.1, 0.15) is 25.6 Å². The van der Waals surface area contributed by atoms with Crippen molar-refractivity contribution < 1.29 is 14.2 Å². The lowest BCUT2D eigenvalue weighted by Gasteiger charge is -2.19. The summed E-state index contributed by atoms with van der Waals surface area (Å²) < 4.78 is 20.7. The molecule has 0 fully saturated rings. The van der Waals surface area contributed by atoms with Crippen LogP contribution in [-0.2, 0) is 13.2 Å². The molecule has 242 valence electrons. The van der Waals surface area contributed by atoms with Crippen molar-refractivity contribution in [3.05, 3.63) is 111 Å². The summed E-state index contributed by atoms with van der Waals surface area (Å²) in [5.74, 6) is 1.46. The lowest BCUT2D eigenvalue weighted by atomic mass is 10.1. The van der Waals surface area contributed by atoms with Gasteiger partial charge in [0.25, 0.3) is 5.56 Å². The van der Waals surface area contributed by atoms with Crippen molar-refractivity contribution in [2.75, 3.05) is 13.2 Å². The molecule has 5 nitrogen and oxygen atoms in total. The third kappa shape index (κ3) is 11.8. The number of hydrogen-bond acceptors (Lipinski definition) is 4. The second-order valence-corrected chi connectivity index (χ2v) is 12.3. The van der Waals surface area contributed by atoms with Crippen LogP contribution in [0.2, 0.25) is 0 Å². The molecule has 45 heavy (non-hydrogen) atoms. The number of hydrogen-bond donors (Lipinski definition) is 0. The van der Waals surface area contributed by atoms with Gasteiger partial charge in [0.05, 0.1) is 5.52 Å². The van der Waals surface area contributed by atoms with Gasteiger partial charge in [-0.3, -0.25) is 4.79 Å². The molecule has 0 saturated carbocycles. The average molecular weight is 612 g/mol. The quantitative estimate of drug-likeness (QED) is 0.134. The third-order valence-electron chi connectivity index (χ3n) is 7.64. The summed E-state index contributed by atoms with van der Waals surface area (Å²) in [6.45, 7) is 16.5. The summed E-state index contributed by atoms with van der Waals surface area (Å²) in [6, 6.07) is 16.0. The monoisotopic (exact) mass is 611 g/mol. The first-order valence-corrected chi connectivity index (χ1v) is 16.4. The smallest absolute Gasteiger partial charge is 0.297 e. The highest BCUT2D eigenvalue weighted by Crippen LogP contribution is 2.35. The Morgan fingerprint density at radius 2 is 1.33 bits per heavy atom. The van der Waals surface area contributed by atoms with E-state index in [9.17, 15) is 4.79 Å². The van der Waals surface area contributed by atoms with Crippen LogP contribution < -0.4 is 19.8 Å². The van der Waals surface area contributed by atoms with Gasteiger partial charge in [-0.15, -0.1) is 0 Å². The predicted molar refractivity (Wildman–Crippen MR) is 190 cm³/mol. The topological polar surface area (TPSA) is 49.7 Å². The molecule has 0 atom stereocenters. The zero-order chi connectivity index (χ0) is 32.6. The van der Waals surface area contributed by atoms with E-state index in [0.29, 0.717) is 37.9 Å². The van der Waals surface area contributed by atoms with E-state index >= 15 is 0 Å². The van der Waals surface area contributed by atoms with Crippen molar-refractivity contribution in [1.29, 1.82) is 0 Å². The molecule has 0 amide bonds. The average Bonchev–Trinajstić information content (AvgIpc) is 3.01. The lowest BCUT2D eigenvalue weighted by Crippen LogP contribution is -2.24. The molecule has 0 saturated heterocycles. The summed E-state index contributed by atoms with van der Waals surface area (Å²) in [6.07, 6.45) is 14.4. The second-order valence-electron chi connectivity index (χ2n) is 12.3. The largest absolute Gasteiger partial charge is 0.489 e. The van der Waals surface area contributed by atoms with Gasteiger partial charge in [-0.05, 0) is 103 Å². The lowest BCUT2D eigenvalue weighted by molar-refractivity contribution is 0.302. The number of allylic oxidation sites excluding steroid dienone is 6. The zero-order valence-electron chi connectivity index (χ0n) is 28.6. The van der Waals surface area contributed by atoms with E-state index in [4.69, 9.17) is 14.2 Å². The molecule has 0 radical (unpaired) electrons. The minimum Gasteiger partial charge on any atom is -0.489 e. The summed E-state index contributed by atoms with van der Waals surface area (Å²) in [4.78, 5) is 14.1. The van der Waals surface area contributed by atoms with Crippen molar-refractivity contribution in [2.24, 2.45) is 0 Å². The molecule has 0 N–H and O–H groups in total. The molecule has 0 spiro atoms. The van der Waals surface area contributed by atoms with E-state index in [1.807, 2.05) is 53.1 Å². The van der Waals surface area contributed by atoms with Crippen molar-refractivity contribution in [1.82, 2.24) is 4.57 Å².